The maximum absolute atomic E-state index is 12.8. The number of esters is 1. The third-order valence-corrected chi connectivity index (χ3v) is 3.41. The van der Waals surface area contributed by atoms with Crippen LogP contribution in [0.15, 0.2) is 24.3 Å². The summed E-state index contributed by atoms with van der Waals surface area (Å²) in [6.07, 6.45) is 0. The van der Waals surface area contributed by atoms with Crippen LogP contribution >= 0.6 is 11.3 Å². The zero-order chi connectivity index (χ0) is 12.6. The molecule has 2 nitrogen and oxygen atoms in total. The topological polar surface area (TPSA) is 26.3 Å². The van der Waals surface area contributed by atoms with Crippen LogP contribution in [0.1, 0.15) is 9.67 Å². The molecule has 0 bridgehead atoms. The molecule has 0 aliphatic heterocycles. The minimum Gasteiger partial charge on any atom is -0.465 e. The van der Waals surface area contributed by atoms with Crippen molar-refractivity contribution in [3.05, 3.63) is 29.1 Å². The average Bonchev–Trinajstić information content (AvgIpc) is 2.69. The number of halogens is 3. The number of fused-ring (bicyclic) bond motifs is 1. The van der Waals surface area contributed by atoms with Crippen molar-refractivity contribution < 1.29 is 22.5 Å². The molecule has 2 rings (SSSR count). The van der Waals surface area contributed by atoms with E-state index in [2.05, 4.69) is 4.74 Å². The fraction of sp³-hybridized carbons (Fsp3) is 0.100. The molecule has 0 saturated heterocycles. The van der Waals surface area contributed by atoms with Gasteiger partial charge in [0.05, 0.1) is 7.11 Å². The molecular weight excluding hydrogens is 252 g/mol. The van der Waals surface area contributed by atoms with Crippen LogP contribution in [-0.2, 0) is 4.74 Å². The van der Waals surface area contributed by atoms with Crippen molar-refractivity contribution in [3.8, 4) is 0 Å². The van der Waals surface area contributed by atoms with Gasteiger partial charge in [-0.1, -0.05) is 17.6 Å². The highest BCUT2D eigenvalue weighted by Gasteiger charge is 2.28. The third-order valence-electron chi connectivity index (χ3n) is 2.33. The van der Waals surface area contributed by atoms with E-state index in [0.29, 0.717) is 4.70 Å². The monoisotopic (exact) mass is 259 g/mol. The molecular formula is C10H7BF3O2S-. The highest BCUT2D eigenvalue weighted by Crippen LogP contribution is 2.27. The number of carbonyl (C=O) groups is 1. The number of hydrogen-bond donors (Lipinski definition) is 0. The Hall–Kier alpha value is -1.50. The summed E-state index contributed by atoms with van der Waals surface area (Å²) >= 11 is 0.996. The first-order valence-electron chi connectivity index (χ1n) is 4.74. The largest absolute Gasteiger partial charge is 0.510 e. The number of rotatable bonds is 2. The molecule has 0 radical (unpaired) electrons. The fourth-order valence-corrected chi connectivity index (χ4v) is 2.58. The molecule has 0 saturated carbocycles. The maximum Gasteiger partial charge on any atom is 0.510 e. The van der Waals surface area contributed by atoms with E-state index in [1.165, 1.54) is 19.2 Å². The summed E-state index contributed by atoms with van der Waals surface area (Å²) < 4.78 is 43.2. The molecule has 0 spiro atoms. The highest BCUT2D eigenvalue weighted by molar-refractivity contribution is 7.21. The van der Waals surface area contributed by atoms with Crippen LogP contribution < -0.4 is 5.46 Å². The van der Waals surface area contributed by atoms with Gasteiger partial charge in [0, 0.05) is 4.70 Å². The van der Waals surface area contributed by atoms with Crippen molar-refractivity contribution in [1.29, 1.82) is 0 Å². The first-order valence-corrected chi connectivity index (χ1v) is 5.56. The molecule has 1 aromatic heterocycles. The molecule has 17 heavy (non-hydrogen) atoms. The van der Waals surface area contributed by atoms with Gasteiger partial charge in [-0.3, -0.25) is 0 Å². The fourth-order valence-electron chi connectivity index (χ4n) is 1.57. The standard InChI is InChI=1S/C10H7BF3O2S/c1-16-10(15)9-5-6-7(11(12,13)14)3-2-4-8(6)17-9/h2-5H,1H3/q-1. The van der Waals surface area contributed by atoms with Crippen molar-refractivity contribution in [1.82, 2.24) is 0 Å². The zero-order valence-corrected chi connectivity index (χ0v) is 9.56. The Labute approximate surface area is 99.1 Å². The average molecular weight is 259 g/mol. The lowest BCUT2D eigenvalue weighted by atomic mass is 9.78. The number of benzene rings is 1. The predicted molar refractivity (Wildman–Crippen MR) is 61.9 cm³/mol. The summed E-state index contributed by atoms with van der Waals surface area (Å²) in [7, 11) is 1.20. The van der Waals surface area contributed by atoms with Crippen molar-refractivity contribution in [2.75, 3.05) is 7.11 Å². The molecule has 7 heteroatoms. The minimum atomic E-state index is -5.08. The van der Waals surface area contributed by atoms with Gasteiger partial charge in [-0.25, -0.2) is 4.79 Å². The third kappa shape index (κ3) is 2.15. The summed E-state index contributed by atoms with van der Waals surface area (Å²) in [4.78, 5) is 11.4. The Bertz CT molecular complexity index is 576. The van der Waals surface area contributed by atoms with Gasteiger partial charge in [0.25, 0.3) is 0 Å². The van der Waals surface area contributed by atoms with Crippen LogP contribution in [0.5, 0.6) is 0 Å². The van der Waals surface area contributed by atoms with Crippen LogP contribution in [0.2, 0.25) is 0 Å². The normalized spacial score (nSPS) is 11.8. The molecule has 0 aliphatic carbocycles. The summed E-state index contributed by atoms with van der Waals surface area (Å²) in [5, 5.41) is 0.0606. The van der Waals surface area contributed by atoms with Crippen molar-refractivity contribution in [2.45, 2.75) is 0 Å². The van der Waals surface area contributed by atoms with Gasteiger partial charge in [0.1, 0.15) is 4.88 Å². The second-order valence-corrected chi connectivity index (χ2v) is 4.52. The van der Waals surface area contributed by atoms with E-state index in [0.717, 1.165) is 17.4 Å². The SMILES string of the molecule is COC(=O)c1cc2c([B-](F)(F)F)cccc2s1. The summed E-state index contributed by atoms with van der Waals surface area (Å²) in [6.45, 7) is -5.08. The van der Waals surface area contributed by atoms with Crippen LogP contribution in [0.3, 0.4) is 0 Å². The lowest BCUT2D eigenvalue weighted by Crippen LogP contribution is -2.34. The molecule has 0 amide bonds. The second kappa shape index (κ2) is 4.07. The smallest absolute Gasteiger partial charge is 0.465 e. The van der Waals surface area contributed by atoms with Crippen molar-refractivity contribution in [3.63, 3.8) is 0 Å². The molecule has 2 aromatic rings. The van der Waals surface area contributed by atoms with E-state index in [4.69, 9.17) is 0 Å². The molecule has 0 aliphatic rings. The first-order chi connectivity index (χ1) is 7.93. The molecule has 1 aromatic carbocycles. The van der Waals surface area contributed by atoms with E-state index in [1.807, 2.05) is 0 Å². The minimum absolute atomic E-state index is 0.0606. The number of hydrogen-bond acceptors (Lipinski definition) is 3. The number of carbonyl (C=O) groups excluding carboxylic acids is 1. The van der Waals surface area contributed by atoms with Crippen molar-refractivity contribution in [2.24, 2.45) is 0 Å². The molecule has 0 atom stereocenters. The Morgan fingerprint density at radius 1 is 1.35 bits per heavy atom. The van der Waals surface area contributed by atoms with Crippen LogP contribution in [-0.4, -0.2) is 20.1 Å². The van der Waals surface area contributed by atoms with E-state index < -0.39 is 18.4 Å². The Balaban J connectivity index is 2.65. The lowest BCUT2D eigenvalue weighted by Gasteiger charge is -2.15. The Morgan fingerprint density at radius 3 is 2.65 bits per heavy atom. The number of ether oxygens (including phenoxy) is 1. The van der Waals surface area contributed by atoms with E-state index in [1.54, 1.807) is 6.07 Å². The van der Waals surface area contributed by atoms with E-state index >= 15 is 0 Å². The Kier molecular flexibility index (Phi) is 2.86. The van der Waals surface area contributed by atoms with Gasteiger partial charge in [0.2, 0.25) is 0 Å². The van der Waals surface area contributed by atoms with Gasteiger partial charge >= 0.3 is 12.9 Å². The molecule has 0 N–H and O–H groups in total. The van der Waals surface area contributed by atoms with Crippen molar-refractivity contribution >= 4 is 39.8 Å². The lowest BCUT2D eigenvalue weighted by molar-refractivity contribution is 0.0606. The highest BCUT2D eigenvalue weighted by atomic mass is 32.1. The van der Waals surface area contributed by atoms with Gasteiger partial charge in [-0.05, 0) is 17.5 Å². The molecule has 1 heterocycles. The molecule has 0 fully saturated rings. The molecule has 0 unspecified atom stereocenters. The number of thiophene rings is 1. The van der Waals surface area contributed by atoms with Gasteiger partial charge < -0.3 is 17.7 Å². The van der Waals surface area contributed by atoms with Crippen LogP contribution in [0.25, 0.3) is 10.1 Å². The zero-order valence-electron chi connectivity index (χ0n) is 8.75. The predicted octanol–water partition coefficient (Wildman–Crippen LogP) is 2.74. The summed E-state index contributed by atoms with van der Waals surface area (Å²) in [5.41, 5.74) is -0.672. The van der Waals surface area contributed by atoms with E-state index in [9.17, 15) is 17.7 Å². The van der Waals surface area contributed by atoms with Crippen LogP contribution in [0, 0.1) is 0 Å². The Morgan fingerprint density at radius 2 is 2.06 bits per heavy atom. The maximum atomic E-state index is 12.8. The van der Waals surface area contributed by atoms with Gasteiger partial charge in [0.15, 0.2) is 0 Å². The van der Waals surface area contributed by atoms with Crippen LogP contribution in [0.4, 0.5) is 12.9 Å². The quantitative estimate of drug-likeness (QED) is 0.612. The summed E-state index contributed by atoms with van der Waals surface area (Å²) in [6, 6.07) is 5.15. The second-order valence-electron chi connectivity index (χ2n) is 3.44. The first kappa shape index (κ1) is 12.0. The van der Waals surface area contributed by atoms with E-state index in [-0.39, 0.29) is 10.3 Å². The van der Waals surface area contributed by atoms with Gasteiger partial charge in [-0.2, -0.15) is 0 Å². The number of methoxy groups -OCH3 is 1. The molecule has 90 valence electrons. The summed E-state index contributed by atoms with van der Waals surface area (Å²) in [5.74, 6) is -0.619. The van der Waals surface area contributed by atoms with Gasteiger partial charge in [-0.15, -0.1) is 11.3 Å².